The zero-order chi connectivity index (χ0) is 54.0. The van der Waals surface area contributed by atoms with Crippen molar-refractivity contribution >= 4 is 5.57 Å². The Bertz CT molecular complexity index is 2690. The summed E-state index contributed by atoms with van der Waals surface area (Å²) < 4.78 is 148. The second-order valence-electron chi connectivity index (χ2n) is 16.1. The van der Waals surface area contributed by atoms with Crippen LogP contribution in [0.1, 0.15) is 143 Å². The molecule has 2 aliphatic carbocycles. The highest BCUT2D eigenvalue weighted by Crippen LogP contribution is 2.33. The standard InChI is InChI=1S/C12H11F2N.C10H11F2N.C9H12F2N2.C9H7F2N.2C7H7F2N/c1-8-11(9-4-2-3-5-9)10(12(13)14)6-7-15-8;11-10(12)8-5-6-13-9-4-2-1-3-7(8)9;1-13(2)6-7-5-12-4-3-8(7)9(10)11;1-2-3-7-6-12-5-4-8(7)9(10)11;2*1-5-4-10-3-2-6(5)7(8)9/h2,4-7,12H,3H2,1H3;5-6,10H,1-4H2;3-5,9H,6H2,1-2H3;4-6,9H,1H3;2*2-4,7H,1H3. The highest BCUT2D eigenvalue weighted by atomic mass is 19.3. The first-order valence-electron chi connectivity index (χ1n) is 22.5. The molecule has 0 saturated carbocycles. The summed E-state index contributed by atoms with van der Waals surface area (Å²) in [6.45, 7) is 7.09. The molecule has 2 aliphatic rings. The molecule has 0 atom stereocenters. The lowest BCUT2D eigenvalue weighted by atomic mass is 9.92. The van der Waals surface area contributed by atoms with Gasteiger partial charge in [0, 0.05) is 119 Å². The first-order valence-corrected chi connectivity index (χ1v) is 22.5. The minimum atomic E-state index is -2.48. The molecule has 6 heterocycles. The van der Waals surface area contributed by atoms with Crippen molar-refractivity contribution in [1.82, 2.24) is 34.8 Å². The summed E-state index contributed by atoms with van der Waals surface area (Å²) in [5, 5.41) is 0. The van der Waals surface area contributed by atoms with Crippen molar-refractivity contribution in [2.45, 2.75) is 105 Å². The number of allylic oxidation sites excluding steroid dienone is 4. The highest BCUT2D eigenvalue weighted by molar-refractivity contribution is 5.79. The van der Waals surface area contributed by atoms with Crippen molar-refractivity contribution in [3.05, 3.63) is 195 Å². The fourth-order valence-corrected chi connectivity index (χ4v) is 7.06. The van der Waals surface area contributed by atoms with Gasteiger partial charge in [-0.25, -0.2) is 52.7 Å². The summed E-state index contributed by atoms with van der Waals surface area (Å²) in [6.07, 6.45) is 9.90. The van der Waals surface area contributed by atoms with Gasteiger partial charge in [-0.1, -0.05) is 24.1 Å². The van der Waals surface area contributed by atoms with Gasteiger partial charge < -0.3 is 4.90 Å². The van der Waals surface area contributed by atoms with Gasteiger partial charge in [-0.15, -0.1) is 5.92 Å². The van der Waals surface area contributed by atoms with E-state index >= 15 is 0 Å². The maximum absolute atomic E-state index is 12.8. The van der Waals surface area contributed by atoms with Crippen molar-refractivity contribution in [2.24, 2.45) is 0 Å². The van der Waals surface area contributed by atoms with E-state index in [4.69, 9.17) is 0 Å². The van der Waals surface area contributed by atoms with Crippen LogP contribution < -0.4 is 0 Å². The van der Waals surface area contributed by atoms with Gasteiger partial charge >= 0.3 is 0 Å². The number of halogens is 12. The maximum atomic E-state index is 12.8. The van der Waals surface area contributed by atoms with Gasteiger partial charge in [-0.05, 0) is 138 Å². The number of alkyl halides is 12. The Hall–Kier alpha value is -6.94. The topological polar surface area (TPSA) is 80.6 Å². The van der Waals surface area contributed by atoms with Crippen LogP contribution in [0.3, 0.4) is 0 Å². The van der Waals surface area contributed by atoms with E-state index in [1.165, 1.54) is 98.4 Å². The molecular weight excluding hydrogens is 975 g/mol. The van der Waals surface area contributed by atoms with Gasteiger partial charge in [0.15, 0.2) is 0 Å². The summed E-state index contributed by atoms with van der Waals surface area (Å²) in [6, 6.07) is 8.14. The van der Waals surface area contributed by atoms with Crippen LogP contribution in [0, 0.1) is 32.6 Å². The second-order valence-corrected chi connectivity index (χ2v) is 16.1. The number of hydrogen-bond acceptors (Lipinski definition) is 7. The Morgan fingerprint density at radius 1 is 0.534 bits per heavy atom. The van der Waals surface area contributed by atoms with E-state index in [-0.39, 0.29) is 33.4 Å². The van der Waals surface area contributed by atoms with Crippen LogP contribution in [0.15, 0.2) is 117 Å². The molecule has 73 heavy (non-hydrogen) atoms. The van der Waals surface area contributed by atoms with Crippen molar-refractivity contribution < 1.29 is 52.7 Å². The third-order valence-electron chi connectivity index (χ3n) is 10.6. The second kappa shape index (κ2) is 31.5. The Labute approximate surface area is 417 Å². The van der Waals surface area contributed by atoms with Crippen LogP contribution in [-0.2, 0) is 19.4 Å². The molecule has 6 aromatic heterocycles. The third kappa shape index (κ3) is 19.9. The molecule has 390 valence electrons. The van der Waals surface area contributed by atoms with E-state index < -0.39 is 38.6 Å². The molecule has 0 unspecified atom stereocenters. The minimum absolute atomic E-state index is 0.0562. The molecule has 0 saturated heterocycles. The molecule has 8 rings (SSSR count). The maximum Gasteiger partial charge on any atom is 0.265 e. The number of aromatic nitrogens is 6. The van der Waals surface area contributed by atoms with Gasteiger partial charge in [0.25, 0.3) is 38.6 Å². The van der Waals surface area contributed by atoms with Crippen molar-refractivity contribution in [1.29, 1.82) is 0 Å². The Balaban J connectivity index is 0.000000233. The highest BCUT2D eigenvalue weighted by Gasteiger charge is 2.20. The average molecular weight is 1030 g/mol. The van der Waals surface area contributed by atoms with Gasteiger partial charge in [0.1, 0.15) is 0 Å². The summed E-state index contributed by atoms with van der Waals surface area (Å²) >= 11 is 0. The summed E-state index contributed by atoms with van der Waals surface area (Å²) in [4.78, 5) is 24.9. The molecule has 0 fully saturated rings. The molecule has 7 nitrogen and oxygen atoms in total. The van der Waals surface area contributed by atoms with E-state index in [9.17, 15) is 52.7 Å². The Morgan fingerprint density at radius 2 is 1.00 bits per heavy atom. The first-order chi connectivity index (χ1) is 34.8. The van der Waals surface area contributed by atoms with E-state index in [1.54, 1.807) is 27.7 Å². The van der Waals surface area contributed by atoms with E-state index in [0.717, 1.165) is 48.9 Å². The molecule has 0 N–H and O–H groups in total. The predicted molar refractivity (Wildman–Crippen MR) is 258 cm³/mol. The number of hydrogen-bond donors (Lipinski definition) is 0. The van der Waals surface area contributed by atoms with Gasteiger partial charge in [-0.3, -0.25) is 29.9 Å². The summed E-state index contributed by atoms with van der Waals surface area (Å²) in [5.41, 5.74) is 6.14. The number of rotatable bonds is 9. The van der Waals surface area contributed by atoms with E-state index in [1.807, 2.05) is 37.2 Å². The zero-order valence-corrected chi connectivity index (χ0v) is 40.8. The van der Waals surface area contributed by atoms with Crippen LogP contribution in [0.4, 0.5) is 52.7 Å². The minimum Gasteiger partial charge on any atom is -0.305 e. The zero-order valence-electron chi connectivity index (χ0n) is 40.8. The lowest BCUT2D eigenvalue weighted by molar-refractivity contribution is 0.148. The number of fused-ring (bicyclic) bond motifs is 1. The van der Waals surface area contributed by atoms with Crippen LogP contribution >= 0.6 is 0 Å². The van der Waals surface area contributed by atoms with Crippen LogP contribution in [-0.4, -0.2) is 48.9 Å². The molecule has 0 bridgehead atoms. The largest absolute Gasteiger partial charge is 0.305 e. The third-order valence-corrected chi connectivity index (χ3v) is 10.6. The lowest BCUT2D eigenvalue weighted by Crippen LogP contribution is -2.12. The van der Waals surface area contributed by atoms with Crippen LogP contribution in [0.25, 0.3) is 5.57 Å². The van der Waals surface area contributed by atoms with Gasteiger partial charge in [0.05, 0.1) is 5.56 Å². The molecule has 0 aliphatic heterocycles. The van der Waals surface area contributed by atoms with E-state index in [2.05, 4.69) is 41.7 Å². The Kier molecular flexibility index (Phi) is 26.0. The normalized spacial score (nSPS) is 12.3. The Morgan fingerprint density at radius 3 is 1.48 bits per heavy atom. The molecule has 0 spiro atoms. The van der Waals surface area contributed by atoms with Crippen molar-refractivity contribution in [2.75, 3.05) is 14.1 Å². The van der Waals surface area contributed by atoms with Gasteiger partial charge in [0.2, 0.25) is 0 Å². The first kappa shape index (κ1) is 60.4. The molecule has 0 amide bonds. The van der Waals surface area contributed by atoms with Crippen molar-refractivity contribution in [3.63, 3.8) is 0 Å². The monoisotopic (exact) mass is 1030 g/mol. The number of pyridine rings is 6. The van der Waals surface area contributed by atoms with Gasteiger partial charge in [-0.2, -0.15) is 0 Å². The fourth-order valence-electron chi connectivity index (χ4n) is 7.06. The molecule has 0 radical (unpaired) electrons. The molecule has 19 heteroatoms. The number of nitrogens with zero attached hydrogens (tertiary/aromatic N) is 7. The molecular formula is C54H55F12N7. The molecule has 0 aromatic carbocycles. The average Bonchev–Trinajstić information content (AvgIpc) is 3.90. The summed E-state index contributed by atoms with van der Waals surface area (Å²) in [7, 11) is 3.67. The van der Waals surface area contributed by atoms with Crippen molar-refractivity contribution in [3.8, 4) is 11.8 Å². The number of aryl methyl sites for hydroxylation is 4. The fraction of sp³-hybridized carbons (Fsp3) is 0.333. The quantitative estimate of drug-likeness (QED) is 0.105. The SMILES string of the molecule is CC#Cc1cnccc1C(F)F.CN(C)Cc1cnccc1C(F)F.Cc1cnccc1C(F)F.Cc1cnccc1C(F)F.Cc1nccc(C(F)F)c1C1=CCC=C1.FC(F)c1ccnc2c1CCCC2. The summed E-state index contributed by atoms with van der Waals surface area (Å²) in [5.74, 6) is 5.12. The predicted octanol–water partition coefficient (Wildman–Crippen LogP) is 15.7. The molecule has 6 aromatic rings. The van der Waals surface area contributed by atoms with E-state index in [0.29, 0.717) is 40.1 Å². The van der Waals surface area contributed by atoms with Crippen LogP contribution in [0.5, 0.6) is 0 Å². The lowest BCUT2D eigenvalue weighted by Gasteiger charge is -2.17. The smallest absolute Gasteiger partial charge is 0.265 e. The van der Waals surface area contributed by atoms with Crippen LogP contribution in [0.2, 0.25) is 0 Å².